The van der Waals surface area contributed by atoms with Gasteiger partial charge in [0, 0.05) is 27.8 Å². The third kappa shape index (κ3) is 8.32. The molecule has 0 spiro atoms. The Kier molecular flexibility index (Phi) is 11.0. The number of carbonyl (C=O) groups is 3. The lowest BCUT2D eigenvalue weighted by Crippen LogP contribution is -2.38. The van der Waals surface area contributed by atoms with E-state index < -0.39 is 24.3 Å². The number of aliphatic hydroxyl groups is 1. The van der Waals surface area contributed by atoms with Gasteiger partial charge in [-0.1, -0.05) is 43.3 Å². The Hall–Kier alpha value is -3.90. The van der Waals surface area contributed by atoms with Crippen LogP contribution in [-0.4, -0.2) is 53.2 Å². The van der Waals surface area contributed by atoms with Gasteiger partial charge in [-0.2, -0.15) is 0 Å². The van der Waals surface area contributed by atoms with Gasteiger partial charge in [-0.25, -0.2) is 9.59 Å². The Labute approximate surface area is 248 Å². The maximum atomic E-state index is 12.1. The maximum Gasteiger partial charge on any atom is 0.335 e. The second kappa shape index (κ2) is 14.8. The molecule has 1 fully saturated rings. The summed E-state index contributed by atoms with van der Waals surface area (Å²) in [6.07, 6.45) is -1.18. The number of carbonyl (C=O) groups excluding carboxylic acids is 2. The van der Waals surface area contributed by atoms with Gasteiger partial charge in [0.2, 0.25) is 0 Å². The highest BCUT2D eigenvalue weighted by atomic mass is 32.2. The van der Waals surface area contributed by atoms with Crippen molar-refractivity contribution in [1.29, 1.82) is 0 Å². The lowest BCUT2D eigenvalue weighted by molar-refractivity contribution is -0.268. The fraction of sp³-hybridized carbons (Fsp3) is 0.323. The number of ether oxygens (including phenoxy) is 3. The number of anilines is 1. The van der Waals surface area contributed by atoms with Crippen molar-refractivity contribution >= 4 is 35.4 Å². The molecule has 11 heteroatoms. The average Bonchev–Trinajstić information content (AvgIpc) is 3.00. The van der Waals surface area contributed by atoms with Gasteiger partial charge in [-0.05, 0) is 54.4 Å². The molecular formula is C31H34N2O8S. The Morgan fingerprint density at radius 2 is 1.60 bits per heavy atom. The molecule has 4 unspecified atom stereocenters. The van der Waals surface area contributed by atoms with Crippen molar-refractivity contribution in [3.63, 3.8) is 0 Å². The SMILES string of the molecule is CCOC(=O)CNC(=O)Nc1ccc(C2OC(CSc3ccc(C(=O)O)cc3)C(C)C(c3ccc(CO)cc3)O2)cc1. The number of carboxylic acids is 1. The molecule has 1 aliphatic heterocycles. The molecule has 0 aromatic heterocycles. The average molecular weight is 595 g/mol. The second-order valence-electron chi connectivity index (χ2n) is 9.70. The summed E-state index contributed by atoms with van der Waals surface area (Å²) in [5, 5.41) is 23.8. The summed E-state index contributed by atoms with van der Waals surface area (Å²) in [6.45, 7) is 3.72. The third-order valence-corrected chi connectivity index (χ3v) is 7.88. The monoisotopic (exact) mass is 594 g/mol. The van der Waals surface area contributed by atoms with E-state index in [0.29, 0.717) is 11.4 Å². The summed E-state index contributed by atoms with van der Waals surface area (Å²) < 4.78 is 17.7. The van der Waals surface area contributed by atoms with Crippen LogP contribution in [0.25, 0.3) is 0 Å². The quantitative estimate of drug-likeness (QED) is 0.175. The molecule has 3 aromatic rings. The number of urea groups is 1. The molecule has 4 atom stereocenters. The van der Waals surface area contributed by atoms with Crippen LogP contribution in [0.3, 0.4) is 0 Å². The van der Waals surface area contributed by atoms with Crippen molar-refractivity contribution in [3.8, 4) is 0 Å². The minimum absolute atomic E-state index is 0.0175. The maximum absolute atomic E-state index is 12.1. The molecule has 0 bridgehead atoms. The van der Waals surface area contributed by atoms with Gasteiger partial charge < -0.3 is 35.1 Å². The summed E-state index contributed by atoms with van der Waals surface area (Å²) in [5.74, 6) is -0.895. The van der Waals surface area contributed by atoms with Crippen LogP contribution >= 0.6 is 11.8 Å². The van der Waals surface area contributed by atoms with Crippen LogP contribution in [-0.2, 0) is 25.6 Å². The number of carboxylic acid groups (broad SMARTS) is 1. The lowest BCUT2D eigenvalue weighted by atomic mass is 9.91. The van der Waals surface area contributed by atoms with Gasteiger partial charge in [0.1, 0.15) is 6.54 Å². The fourth-order valence-electron chi connectivity index (χ4n) is 4.45. The molecule has 0 aliphatic carbocycles. The van der Waals surface area contributed by atoms with Crippen molar-refractivity contribution in [2.45, 2.75) is 43.8 Å². The van der Waals surface area contributed by atoms with Gasteiger partial charge in [0.15, 0.2) is 6.29 Å². The van der Waals surface area contributed by atoms with Crippen LogP contribution in [0, 0.1) is 5.92 Å². The summed E-state index contributed by atoms with van der Waals surface area (Å²) in [7, 11) is 0. The molecule has 1 aliphatic rings. The first-order valence-electron chi connectivity index (χ1n) is 13.5. The van der Waals surface area contributed by atoms with E-state index in [0.717, 1.165) is 21.6 Å². The largest absolute Gasteiger partial charge is 0.478 e. The second-order valence-corrected chi connectivity index (χ2v) is 10.8. The third-order valence-electron chi connectivity index (χ3n) is 6.78. The van der Waals surface area contributed by atoms with Gasteiger partial charge in [0.25, 0.3) is 0 Å². The van der Waals surface area contributed by atoms with Crippen LogP contribution in [0.2, 0.25) is 0 Å². The van der Waals surface area contributed by atoms with Crippen LogP contribution in [0.15, 0.2) is 77.7 Å². The number of amides is 2. The standard InChI is InChI=1S/C31H34N2O8S/c1-3-39-27(35)16-32-31(38)33-24-12-8-23(9-13-24)30-40-26(18-42-25-14-10-22(11-15-25)29(36)37)19(2)28(41-30)21-6-4-20(17-34)5-7-21/h4-15,19,26,28,30,34H,3,16-18H2,1-2H3,(H,36,37)(H2,32,33,38). The van der Waals surface area contributed by atoms with Crippen LogP contribution < -0.4 is 10.6 Å². The summed E-state index contributed by atoms with van der Waals surface area (Å²) >= 11 is 1.58. The number of hydrogen-bond acceptors (Lipinski definition) is 8. The summed E-state index contributed by atoms with van der Waals surface area (Å²) in [4.78, 5) is 35.7. The zero-order valence-corrected chi connectivity index (χ0v) is 24.1. The molecule has 0 saturated carbocycles. The Morgan fingerprint density at radius 3 is 2.21 bits per heavy atom. The highest BCUT2D eigenvalue weighted by Gasteiger charge is 2.38. The highest BCUT2D eigenvalue weighted by Crippen LogP contribution is 2.43. The number of nitrogens with one attached hydrogen (secondary N) is 2. The van der Waals surface area contributed by atoms with Gasteiger partial charge >= 0.3 is 18.0 Å². The minimum Gasteiger partial charge on any atom is -0.478 e. The van der Waals surface area contributed by atoms with Crippen molar-refractivity contribution in [1.82, 2.24) is 5.32 Å². The molecule has 4 N–H and O–H groups in total. The molecule has 42 heavy (non-hydrogen) atoms. The number of benzene rings is 3. The number of aliphatic hydroxyl groups excluding tert-OH is 1. The predicted molar refractivity (Wildman–Crippen MR) is 157 cm³/mol. The molecule has 0 radical (unpaired) electrons. The van der Waals surface area contributed by atoms with E-state index in [2.05, 4.69) is 17.6 Å². The Balaban J connectivity index is 1.47. The normalized spacial score (nSPS) is 20.0. The first kappa shape index (κ1) is 31.0. The van der Waals surface area contributed by atoms with Crippen LogP contribution in [0.5, 0.6) is 0 Å². The lowest BCUT2D eigenvalue weighted by Gasteiger charge is -2.41. The highest BCUT2D eigenvalue weighted by molar-refractivity contribution is 7.99. The Bertz CT molecular complexity index is 1350. The number of aromatic carboxylic acids is 1. The molecule has 1 saturated heterocycles. The topological polar surface area (TPSA) is 143 Å². The fourth-order valence-corrected chi connectivity index (χ4v) is 5.51. The molecular weight excluding hydrogens is 560 g/mol. The van der Waals surface area contributed by atoms with Gasteiger partial charge in [0.05, 0.1) is 31.0 Å². The number of hydrogen-bond donors (Lipinski definition) is 4. The first-order chi connectivity index (χ1) is 20.3. The van der Waals surface area contributed by atoms with E-state index in [1.54, 1.807) is 55.1 Å². The number of rotatable bonds is 11. The van der Waals surface area contributed by atoms with Crippen molar-refractivity contribution < 1.29 is 38.8 Å². The van der Waals surface area contributed by atoms with Gasteiger partial charge in [-0.3, -0.25) is 4.79 Å². The van der Waals surface area contributed by atoms with E-state index in [1.807, 2.05) is 36.4 Å². The van der Waals surface area contributed by atoms with Crippen molar-refractivity contribution in [2.75, 3.05) is 24.2 Å². The molecule has 2 amide bonds. The number of esters is 1. The smallest absolute Gasteiger partial charge is 0.335 e. The Morgan fingerprint density at radius 1 is 0.929 bits per heavy atom. The predicted octanol–water partition coefficient (Wildman–Crippen LogP) is 5.15. The number of thioether (sulfide) groups is 1. The summed E-state index contributed by atoms with van der Waals surface area (Å²) in [5.41, 5.74) is 3.29. The molecule has 3 aromatic carbocycles. The van der Waals surface area contributed by atoms with E-state index in [4.69, 9.17) is 14.2 Å². The van der Waals surface area contributed by atoms with E-state index >= 15 is 0 Å². The van der Waals surface area contributed by atoms with Gasteiger partial charge in [-0.15, -0.1) is 11.8 Å². The summed E-state index contributed by atoms with van der Waals surface area (Å²) in [6, 6.07) is 20.9. The van der Waals surface area contributed by atoms with E-state index in [-0.39, 0.29) is 43.4 Å². The zero-order chi connectivity index (χ0) is 30.1. The zero-order valence-electron chi connectivity index (χ0n) is 23.3. The van der Waals surface area contributed by atoms with E-state index in [9.17, 15) is 24.6 Å². The first-order valence-corrected chi connectivity index (χ1v) is 14.5. The molecule has 4 rings (SSSR count). The molecule has 10 nitrogen and oxygen atoms in total. The minimum atomic E-state index is -0.968. The molecule has 1 heterocycles. The van der Waals surface area contributed by atoms with Crippen molar-refractivity contribution in [2.24, 2.45) is 5.92 Å². The van der Waals surface area contributed by atoms with Crippen LogP contribution in [0.4, 0.5) is 10.5 Å². The van der Waals surface area contributed by atoms with Crippen molar-refractivity contribution in [3.05, 3.63) is 95.1 Å². The van der Waals surface area contributed by atoms with Crippen LogP contribution in [0.1, 0.15) is 53.3 Å². The van der Waals surface area contributed by atoms with E-state index in [1.165, 1.54) is 0 Å². The molecule has 222 valence electrons.